The standard InChI is InChI=1S/C13H14O4S/c1-3-16-8-6-5-7-9-10(8)11(17-4-2)12(18-9)13(14)15/h5-7H,3-4H2,1-2H3,(H,14,15). The first-order valence-electron chi connectivity index (χ1n) is 5.73. The number of carboxylic acid groups (broad SMARTS) is 1. The third-order valence-electron chi connectivity index (χ3n) is 2.42. The van der Waals surface area contributed by atoms with Crippen molar-refractivity contribution in [2.45, 2.75) is 13.8 Å². The Morgan fingerprint density at radius 2 is 2.00 bits per heavy atom. The highest BCUT2D eigenvalue weighted by Gasteiger charge is 2.21. The summed E-state index contributed by atoms with van der Waals surface area (Å²) in [5.41, 5.74) is 0. The molecule has 0 amide bonds. The summed E-state index contributed by atoms with van der Waals surface area (Å²) in [6.45, 7) is 4.68. The van der Waals surface area contributed by atoms with Gasteiger partial charge in [0.15, 0.2) is 10.6 Å². The highest BCUT2D eigenvalue weighted by atomic mass is 32.1. The van der Waals surface area contributed by atoms with E-state index in [9.17, 15) is 9.90 Å². The van der Waals surface area contributed by atoms with E-state index in [0.29, 0.717) is 24.7 Å². The number of thiophene rings is 1. The minimum absolute atomic E-state index is 0.221. The van der Waals surface area contributed by atoms with Crippen LogP contribution in [0, 0.1) is 0 Å². The zero-order valence-electron chi connectivity index (χ0n) is 10.2. The van der Waals surface area contributed by atoms with Gasteiger partial charge in [0.05, 0.1) is 18.6 Å². The number of hydrogen-bond acceptors (Lipinski definition) is 4. The summed E-state index contributed by atoms with van der Waals surface area (Å²) in [5.74, 6) is 0.110. The van der Waals surface area contributed by atoms with Crippen molar-refractivity contribution in [1.82, 2.24) is 0 Å². The Hall–Kier alpha value is -1.75. The molecule has 0 aliphatic carbocycles. The van der Waals surface area contributed by atoms with E-state index in [1.807, 2.05) is 32.0 Å². The second kappa shape index (κ2) is 5.27. The van der Waals surface area contributed by atoms with Crippen molar-refractivity contribution >= 4 is 27.4 Å². The lowest BCUT2D eigenvalue weighted by Gasteiger charge is -2.07. The van der Waals surface area contributed by atoms with Crippen LogP contribution in [-0.4, -0.2) is 24.3 Å². The molecule has 0 radical (unpaired) electrons. The molecule has 1 N–H and O–H groups in total. The number of carboxylic acids is 1. The molecular weight excluding hydrogens is 252 g/mol. The summed E-state index contributed by atoms with van der Waals surface area (Å²) in [5, 5.41) is 9.96. The van der Waals surface area contributed by atoms with E-state index in [2.05, 4.69) is 0 Å². The molecule has 0 saturated heterocycles. The van der Waals surface area contributed by atoms with Gasteiger partial charge in [0, 0.05) is 4.70 Å². The molecule has 1 heterocycles. The molecule has 18 heavy (non-hydrogen) atoms. The van der Waals surface area contributed by atoms with Gasteiger partial charge in [-0.2, -0.15) is 0 Å². The van der Waals surface area contributed by atoms with Crippen LogP contribution in [0.4, 0.5) is 0 Å². The van der Waals surface area contributed by atoms with Gasteiger partial charge in [0.1, 0.15) is 5.75 Å². The molecule has 2 aromatic rings. The topological polar surface area (TPSA) is 55.8 Å². The SMILES string of the molecule is CCOc1cccc2sc(C(=O)O)c(OCC)c12. The molecule has 0 aliphatic rings. The van der Waals surface area contributed by atoms with Gasteiger partial charge >= 0.3 is 5.97 Å². The monoisotopic (exact) mass is 266 g/mol. The molecule has 0 atom stereocenters. The number of hydrogen-bond donors (Lipinski definition) is 1. The maximum Gasteiger partial charge on any atom is 0.349 e. The third kappa shape index (κ3) is 2.13. The molecule has 0 spiro atoms. The number of aromatic carboxylic acids is 1. The third-order valence-corrected chi connectivity index (χ3v) is 3.54. The van der Waals surface area contributed by atoms with Crippen LogP contribution in [0.15, 0.2) is 18.2 Å². The van der Waals surface area contributed by atoms with E-state index in [-0.39, 0.29) is 4.88 Å². The maximum atomic E-state index is 11.2. The summed E-state index contributed by atoms with van der Waals surface area (Å²) in [7, 11) is 0. The molecule has 1 aromatic carbocycles. The Bertz CT molecular complexity index is 574. The van der Waals surface area contributed by atoms with Gasteiger partial charge in [0.2, 0.25) is 0 Å². The van der Waals surface area contributed by atoms with Crippen molar-refractivity contribution in [2.24, 2.45) is 0 Å². The second-order valence-corrected chi connectivity index (χ2v) is 4.61. The van der Waals surface area contributed by atoms with Gasteiger partial charge in [-0.3, -0.25) is 0 Å². The molecular formula is C13H14O4S. The molecule has 4 nitrogen and oxygen atoms in total. The summed E-state index contributed by atoms with van der Waals surface area (Å²) >= 11 is 1.21. The average molecular weight is 266 g/mol. The summed E-state index contributed by atoms with van der Waals surface area (Å²) in [6.07, 6.45) is 0. The van der Waals surface area contributed by atoms with Crippen molar-refractivity contribution in [1.29, 1.82) is 0 Å². The predicted molar refractivity (Wildman–Crippen MR) is 71.1 cm³/mol. The Morgan fingerprint density at radius 1 is 1.28 bits per heavy atom. The molecule has 1 aromatic heterocycles. The van der Waals surface area contributed by atoms with Crippen molar-refractivity contribution < 1.29 is 19.4 Å². The van der Waals surface area contributed by atoms with Crippen molar-refractivity contribution in [3.05, 3.63) is 23.1 Å². The zero-order chi connectivity index (χ0) is 13.1. The number of ether oxygens (including phenoxy) is 2. The Balaban J connectivity index is 2.70. The van der Waals surface area contributed by atoms with Crippen LogP contribution in [-0.2, 0) is 0 Å². The summed E-state index contributed by atoms with van der Waals surface area (Å²) in [4.78, 5) is 11.4. The predicted octanol–water partition coefficient (Wildman–Crippen LogP) is 3.40. The van der Waals surface area contributed by atoms with E-state index < -0.39 is 5.97 Å². The van der Waals surface area contributed by atoms with Crippen LogP contribution in [0.3, 0.4) is 0 Å². The van der Waals surface area contributed by atoms with Crippen LogP contribution in [0.2, 0.25) is 0 Å². The molecule has 5 heteroatoms. The van der Waals surface area contributed by atoms with Crippen LogP contribution in [0.1, 0.15) is 23.5 Å². The number of rotatable bonds is 5. The fourth-order valence-electron chi connectivity index (χ4n) is 1.79. The first-order valence-corrected chi connectivity index (χ1v) is 6.55. The Kier molecular flexibility index (Phi) is 3.72. The normalized spacial score (nSPS) is 10.6. The van der Waals surface area contributed by atoms with E-state index in [1.54, 1.807) is 0 Å². The van der Waals surface area contributed by atoms with Crippen molar-refractivity contribution in [2.75, 3.05) is 13.2 Å². The second-order valence-electron chi connectivity index (χ2n) is 3.56. The maximum absolute atomic E-state index is 11.2. The summed E-state index contributed by atoms with van der Waals surface area (Å²) in [6, 6.07) is 5.55. The van der Waals surface area contributed by atoms with Crippen molar-refractivity contribution in [3.63, 3.8) is 0 Å². The van der Waals surface area contributed by atoms with Gasteiger partial charge < -0.3 is 14.6 Å². The Morgan fingerprint density at radius 3 is 2.61 bits per heavy atom. The minimum atomic E-state index is -0.970. The lowest BCUT2D eigenvalue weighted by molar-refractivity contribution is 0.0698. The highest BCUT2D eigenvalue weighted by molar-refractivity contribution is 7.21. The fraction of sp³-hybridized carbons (Fsp3) is 0.308. The average Bonchev–Trinajstić information content (AvgIpc) is 2.70. The van der Waals surface area contributed by atoms with E-state index >= 15 is 0 Å². The molecule has 96 valence electrons. The van der Waals surface area contributed by atoms with Gasteiger partial charge in [0.25, 0.3) is 0 Å². The van der Waals surface area contributed by atoms with Crippen molar-refractivity contribution in [3.8, 4) is 11.5 Å². The molecule has 0 aliphatic heterocycles. The smallest absolute Gasteiger partial charge is 0.349 e. The number of fused-ring (bicyclic) bond motifs is 1. The first kappa shape index (κ1) is 12.7. The zero-order valence-corrected chi connectivity index (χ0v) is 11.0. The van der Waals surface area contributed by atoms with Crippen LogP contribution >= 0.6 is 11.3 Å². The first-order chi connectivity index (χ1) is 8.69. The molecule has 0 saturated carbocycles. The van der Waals surface area contributed by atoms with E-state index in [0.717, 1.165) is 10.1 Å². The van der Waals surface area contributed by atoms with Crippen LogP contribution in [0.25, 0.3) is 10.1 Å². The number of carbonyl (C=O) groups is 1. The van der Waals surface area contributed by atoms with E-state index in [4.69, 9.17) is 9.47 Å². The molecule has 0 fully saturated rings. The van der Waals surface area contributed by atoms with Gasteiger partial charge in [-0.15, -0.1) is 11.3 Å². The minimum Gasteiger partial charge on any atom is -0.493 e. The van der Waals surface area contributed by atoms with Gasteiger partial charge in [-0.1, -0.05) is 6.07 Å². The van der Waals surface area contributed by atoms with Gasteiger partial charge in [-0.05, 0) is 26.0 Å². The molecule has 0 bridgehead atoms. The lowest BCUT2D eigenvalue weighted by Crippen LogP contribution is -1.99. The van der Waals surface area contributed by atoms with Gasteiger partial charge in [-0.25, -0.2) is 4.79 Å². The fourth-order valence-corrected chi connectivity index (χ4v) is 2.79. The summed E-state index contributed by atoms with van der Waals surface area (Å²) < 4.78 is 11.9. The quantitative estimate of drug-likeness (QED) is 0.901. The van der Waals surface area contributed by atoms with E-state index in [1.165, 1.54) is 11.3 Å². The largest absolute Gasteiger partial charge is 0.493 e. The molecule has 2 rings (SSSR count). The lowest BCUT2D eigenvalue weighted by atomic mass is 10.2. The highest BCUT2D eigenvalue weighted by Crippen LogP contribution is 2.43. The Labute approximate surface area is 109 Å². The van der Waals surface area contributed by atoms with Crippen LogP contribution in [0.5, 0.6) is 11.5 Å². The van der Waals surface area contributed by atoms with Crippen LogP contribution < -0.4 is 9.47 Å². The number of benzene rings is 1. The molecule has 0 unspecified atom stereocenters.